The van der Waals surface area contributed by atoms with Gasteiger partial charge in [-0.1, -0.05) is 62.7 Å². The number of carbonyl (C=O) groups is 2. The van der Waals surface area contributed by atoms with Gasteiger partial charge in [-0.3, -0.25) is 15.1 Å². The van der Waals surface area contributed by atoms with E-state index in [4.69, 9.17) is 21.7 Å². The fraction of sp³-hybridized carbons (Fsp3) is 0.394. The Kier molecular flexibility index (Phi) is 8.71. The van der Waals surface area contributed by atoms with Gasteiger partial charge in [-0.15, -0.1) is 0 Å². The zero-order valence-corrected chi connectivity index (χ0v) is 27.6. The molecule has 0 radical (unpaired) electrons. The number of ether oxygens (including phenoxy) is 1. The summed E-state index contributed by atoms with van der Waals surface area (Å²) in [6.07, 6.45) is 5.46. The maximum Gasteiger partial charge on any atom is 0.407 e. The van der Waals surface area contributed by atoms with E-state index in [0.29, 0.717) is 49.8 Å². The van der Waals surface area contributed by atoms with E-state index < -0.39 is 30.1 Å². The highest BCUT2D eigenvalue weighted by molar-refractivity contribution is 6.33. The predicted octanol–water partition coefficient (Wildman–Crippen LogP) is 6.02. The lowest BCUT2D eigenvalue weighted by molar-refractivity contribution is -0.134. The van der Waals surface area contributed by atoms with Crippen LogP contribution in [0.3, 0.4) is 0 Å². The number of guanidine groups is 1. The van der Waals surface area contributed by atoms with Gasteiger partial charge in [-0.05, 0) is 53.5 Å². The van der Waals surface area contributed by atoms with Gasteiger partial charge in [0, 0.05) is 30.4 Å². The molecule has 1 aliphatic heterocycles. The molecule has 1 saturated carbocycles. The van der Waals surface area contributed by atoms with Crippen LogP contribution in [0.5, 0.6) is 0 Å². The lowest BCUT2D eigenvalue weighted by Gasteiger charge is -2.35. The molecule has 2 amide bonds. The lowest BCUT2D eigenvalue weighted by atomic mass is 9.75. The van der Waals surface area contributed by atoms with E-state index in [2.05, 4.69) is 25.8 Å². The van der Waals surface area contributed by atoms with E-state index in [1.807, 2.05) is 20.8 Å². The second kappa shape index (κ2) is 12.6. The van der Waals surface area contributed by atoms with Crippen LogP contribution in [0.15, 0.2) is 61.2 Å². The average molecular weight is 680 g/mol. The molecular weight excluding hydrogens is 644 g/mol. The Labute approximate surface area is 280 Å². The van der Waals surface area contributed by atoms with Crippen LogP contribution in [-0.2, 0) is 22.1 Å². The van der Waals surface area contributed by atoms with Gasteiger partial charge >= 0.3 is 12.6 Å². The van der Waals surface area contributed by atoms with Crippen LogP contribution < -0.4 is 10.6 Å². The highest BCUT2D eigenvalue weighted by Gasteiger charge is 2.54. The van der Waals surface area contributed by atoms with Crippen molar-refractivity contribution in [3.63, 3.8) is 0 Å². The summed E-state index contributed by atoms with van der Waals surface area (Å²) >= 11 is 6.59. The number of alkyl halides is 2. The third-order valence-corrected chi connectivity index (χ3v) is 8.70. The molecule has 0 spiro atoms. The van der Waals surface area contributed by atoms with E-state index in [1.54, 1.807) is 54.2 Å². The number of carbonyl (C=O) groups excluding carboxylic acids is 2. The summed E-state index contributed by atoms with van der Waals surface area (Å²) < 4.78 is 34.1. The Bertz CT molecular complexity index is 1850. The van der Waals surface area contributed by atoms with Crippen molar-refractivity contribution in [2.24, 2.45) is 12.5 Å². The minimum absolute atomic E-state index is 0.0644. The van der Waals surface area contributed by atoms with Gasteiger partial charge in [-0.2, -0.15) is 19.0 Å². The first-order valence-electron chi connectivity index (χ1n) is 15.5. The predicted molar refractivity (Wildman–Crippen MR) is 174 cm³/mol. The van der Waals surface area contributed by atoms with Crippen molar-refractivity contribution in [2.45, 2.75) is 64.2 Å². The van der Waals surface area contributed by atoms with E-state index in [-0.39, 0.29) is 24.0 Å². The van der Waals surface area contributed by atoms with Crippen molar-refractivity contribution in [3.8, 4) is 22.5 Å². The van der Waals surface area contributed by atoms with Gasteiger partial charge in [0.1, 0.15) is 18.5 Å². The smallest absolute Gasteiger partial charge is 0.407 e. The topological polar surface area (TPSA) is 143 Å². The largest absolute Gasteiger partial charge is 0.447 e. The van der Waals surface area contributed by atoms with Crippen LogP contribution in [0.2, 0.25) is 5.02 Å². The number of amides is 2. The van der Waals surface area contributed by atoms with Crippen molar-refractivity contribution in [1.29, 1.82) is 5.41 Å². The van der Waals surface area contributed by atoms with E-state index in [0.717, 1.165) is 12.8 Å². The number of benzene rings is 2. The molecule has 6 rings (SSSR count). The molecule has 0 unspecified atom stereocenters. The number of nitrogens with one attached hydrogen (secondary N) is 3. The first-order chi connectivity index (χ1) is 22.8. The normalized spacial score (nSPS) is 18.7. The zero-order chi connectivity index (χ0) is 34.4. The van der Waals surface area contributed by atoms with Gasteiger partial charge in [0.25, 0.3) is 5.91 Å². The van der Waals surface area contributed by atoms with Crippen LogP contribution in [-0.4, -0.2) is 60.1 Å². The SMILES string of the molecule is Cn1ncnc1-c1cc([C@@H](COC(=O)NC2CC2)N2C(=N)N[C@](CC(C)(C)C)(c3ccc(-c4cnn(C(F)F)c4)cc3)C2=O)ccc1Cl. The summed E-state index contributed by atoms with van der Waals surface area (Å²) in [5.41, 5.74) is 1.09. The molecule has 4 aromatic rings. The monoisotopic (exact) mass is 679 g/mol. The molecule has 2 fully saturated rings. The average Bonchev–Trinajstić information content (AvgIpc) is 3.40. The third-order valence-electron chi connectivity index (χ3n) is 8.38. The van der Waals surface area contributed by atoms with Gasteiger partial charge in [0.05, 0.1) is 17.3 Å². The van der Waals surface area contributed by atoms with E-state index in [9.17, 15) is 18.4 Å². The second-order valence-corrected chi connectivity index (χ2v) is 13.7. The van der Waals surface area contributed by atoms with E-state index >= 15 is 0 Å². The van der Waals surface area contributed by atoms with Gasteiger partial charge in [0.15, 0.2) is 11.8 Å². The summed E-state index contributed by atoms with van der Waals surface area (Å²) in [5, 5.41) is 23.4. The van der Waals surface area contributed by atoms with Crippen molar-refractivity contribution in [1.82, 2.24) is 40.1 Å². The summed E-state index contributed by atoms with van der Waals surface area (Å²) in [5.74, 6) is -0.0832. The number of nitrogens with zero attached hydrogens (tertiary/aromatic N) is 6. The number of halogens is 3. The molecule has 12 nitrogen and oxygen atoms in total. The Morgan fingerprint density at radius 3 is 2.50 bits per heavy atom. The number of hydrogen-bond donors (Lipinski definition) is 3. The lowest BCUT2D eigenvalue weighted by Crippen LogP contribution is -2.47. The molecule has 1 saturated heterocycles. The van der Waals surface area contributed by atoms with Gasteiger partial charge in [-0.25, -0.2) is 19.1 Å². The Hall–Kier alpha value is -4.85. The fourth-order valence-electron chi connectivity index (χ4n) is 6.05. The van der Waals surface area contributed by atoms with Crippen LogP contribution in [0.1, 0.15) is 63.8 Å². The summed E-state index contributed by atoms with van der Waals surface area (Å²) in [4.78, 5) is 33.2. The third kappa shape index (κ3) is 6.61. The minimum atomic E-state index is -2.76. The number of aryl methyl sites for hydroxylation is 1. The molecule has 2 aliphatic rings. The summed E-state index contributed by atoms with van der Waals surface area (Å²) in [6.45, 7) is 2.99. The van der Waals surface area contributed by atoms with E-state index in [1.165, 1.54) is 23.6 Å². The van der Waals surface area contributed by atoms with Crippen molar-refractivity contribution < 1.29 is 23.1 Å². The molecule has 2 aromatic carbocycles. The molecule has 15 heteroatoms. The van der Waals surface area contributed by atoms with Crippen molar-refractivity contribution in [3.05, 3.63) is 77.3 Å². The van der Waals surface area contributed by atoms with Crippen molar-refractivity contribution >= 4 is 29.6 Å². The molecule has 2 aromatic heterocycles. The number of hydrogen-bond acceptors (Lipinski definition) is 7. The Balaban J connectivity index is 1.39. The molecule has 0 bridgehead atoms. The zero-order valence-electron chi connectivity index (χ0n) is 26.9. The summed E-state index contributed by atoms with van der Waals surface area (Å²) in [7, 11) is 1.73. The van der Waals surface area contributed by atoms with Crippen molar-refractivity contribution in [2.75, 3.05) is 6.61 Å². The van der Waals surface area contributed by atoms with Crippen LogP contribution in [0.25, 0.3) is 22.5 Å². The Morgan fingerprint density at radius 1 is 1.17 bits per heavy atom. The van der Waals surface area contributed by atoms with Crippen LogP contribution in [0.4, 0.5) is 13.6 Å². The first kappa shape index (κ1) is 33.1. The molecule has 1 aliphatic carbocycles. The Morgan fingerprint density at radius 2 is 1.90 bits per heavy atom. The molecule has 252 valence electrons. The maximum absolute atomic E-state index is 14.8. The van der Waals surface area contributed by atoms with Gasteiger partial charge in [0.2, 0.25) is 0 Å². The fourth-order valence-corrected chi connectivity index (χ4v) is 6.25. The van der Waals surface area contributed by atoms with Crippen LogP contribution >= 0.6 is 11.6 Å². The second-order valence-electron chi connectivity index (χ2n) is 13.3. The standard InChI is InChI=1S/C33H36ClF2N9O3/c1-32(2,3)17-33(22-8-5-19(6-9-22)21-14-39-44(15-21)29(35)36)28(46)45(30(37)42-33)26(16-48-31(47)41-23-10-11-23)20-7-12-25(34)24(13-20)27-38-18-40-43(27)4/h5-9,12-15,18,23,26,29H,10-11,16-17H2,1-4H3,(H2,37,42)(H,41,47)/t26-,33-/m1/s1. The van der Waals surface area contributed by atoms with Gasteiger partial charge < -0.3 is 15.4 Å². The molecule has 48 heavy (non-hydrogen) atoms. The number of rotatable bonds is 10. The molecule has 2 atom stereocenters. The summed E-state index contributed by atoms with van der Waals surface area (Å²) in [6, 6.07) is 11.3. The maximum atomic E-state index is 14.8. The van der Waals surface area contributed by atoms with Crippen LogP contribution in [0, 0.1) is 10.8 Å². The quantitative estimate of drug-likeness (QED) is 0.186. The number of alkyl carbamates (subject to hydrolysis) is 1. The highest BCUT2D eigenvalue weighted by atomic mass is 35.5. The minimum Gasteiger partial charge on any atom is -0.447 e. The number of aromatic nitrogens is 5. The molecule has 3 heterocycles. The highest BCUT2D eigenvalue weighted by Crippen LogP contribution is 2.43. The molecular formula is C33H36ClF2N9O3. The molecule has 3 N–H and O–H groups in total. The first-order valence-corrected chi connectivity index (χ1v) is 15.8.